The molecule has 2 heterocycles. The normalized spacial score (nSPS) is 12.5. The Morgan fingerprint density at radius 3 is 2.72 bits per heavy atom. The first kappa shape index (κ1) is 15.5. The van der Waals surface area contributed by atoms with E-state index in [0.717, 1.165) is 28.3 Å². The topological polar surface area (TPSA) is 80.4 Å². The van der Waals surface area contributed by atoms with Crippen molar-refractivity contribution in [2.45, 2.75) is 20.0 Å². The zero-order valence-corrected chi connectivity index (χ0v) is 13.7. The molecule has 7 heteroatoms. The van der Waals surface area contributed by atoms with Crippen LogP contribution in [0.3, 0.4) is 0 Å². The Kier molecular flexibility index (Phi) is 3.99. The smallest absolute Gasteiger partial charge is 0.431 e. The first-order valence-electron chi connectivity index (χ1n) is 7.99. The quantitative estimate of drug-likeness (QED) is 0.689. The largest absolute Gasteiger partial charge is 0.454 e. The van der Waals surface area contributed by atoms with Crippen molar-refractivity contribution in [2.24, 2.45) is 0 Å². The lowest BCUT2D eigenvalue weighted by Crippen LogP contribution is -2.40. The summed E-state index contributed by atoms with van der Waals surface area (Å²) in [5, 5.41) is 5.91. The number of hydrogen-bond acceptors (Lipinski definition) is 5. The summed E-state index contributed by atoms with van der Waals surface area (Å²) >= 11 is 0. The number of aromatic amines is 1. The standard InChI is InChI=1S/C18H17N3O4/c1-12-2-5-14(6-3-12)21-15(18(22)25-20-21)10-19-9-13-4-7-16-17(8-13)24-11-23-16/h2-8,19H,9-11H2,1H3/p+1. The maximum Gasteiger partial charge on any atom is 0.431 e. The van der Waals surface area contributed by atoms with E-state index < -0.39 is 5.63 Å². The minimum Gasteiger partial charge on any atom is -0.454 e. The SMILES string of the molecule is Cc1ccc(-[n+]2[nH]oc(=O)c2CNCc2ccc3c(c2)OCO3)cc1. The molecule has 1 aromatic heterocycles. The highest BCUT2D eigenvalue weighted by molar-refractivity contribution is 5.44. The van der Waals surface area contributed by atoms with E-state index in [1.165, 1.54) is 0 Å². The molecule has 25 heavy (non-hydrogen) atoms. The van der Waals surface area contributed by atoms with Gasteiger partial charge in [-0.2, -0.15) is 0 Å². The second-order valence-corrected chi connectivity index (χ2v) is 5.89. The van der Waals surface area contributed by atoms with Gasteiger partial charge in [-0.25, -0.2) is 4.79 Å². The highest BCUT2D eigenvalue weighted by atomic mass is 16.7. The van der Waals surface area contributed by atoms with Crippen molar-refractivity contribution in [3.8, 4) is 17.2 Å². The maximum absolute atomic E-state index is 12.0. The molecule has 0 saturated heterocycles. The van der Waals surface area contributed by atoms with Gasteiger partial charge in [0.1, 0.15) is 0 Å². The molecule has 0 atom stereocenters. The van der Waals surface area contributed by atoms with Gasteiger partial charge in [0.2, 0.25) is 12.5 Å². The Hall–Kier alpha value is -3.06. The van der Waals surface area contributed by atoms with Crippen LogP contribution >= 0.6 is 0 Å². The lowest BCUT2D eigenvalue weighted by Gasteiger charge is -2.03. The van der Waals surface area contributed by atoms with E-state index in [9.17, 15) is 4.79 Å². The molecule has 0 unspecified atom stereocenters. The maximum atomic E-state index is 12.0. The van der Waals surface area contributed by atoms with Gasteiger partial charge in [-0.3, -0.25) is 4.52 Å². The van der Waals surface area contributed by atoms with E-state index in [1.807, 2.05) is 49.4 Å². The molecular formula is C18H18N3O4+. The Bertz CT molecular complexity index is 944. The molecule has 0 saturated carbocycles. The second-order valence-electron chi connectivity index (χ2n) is 5.89. The summed E-state index contributed by atoms with van der Waals surface area (Å²) in [5.74, 6) is 1.50. The molecular weight excluding hydrogens is 322 g/mol. The van der Waals surface area contributed by atoms with E-state index >= 15 is 0 Å². The van der Waals surface area contributed by atoms with Gasteiger partial charge in [0.05, 0.1) is 6.54 Å². The van der Waals surface area contributed by atoms with Crippen molar-refractivity contribution in [1.29, 1.82) is 0 Å². The van der Waals surface area contributed by atoms with Gasteiger partial charge < -0.3 is 14.8 Å². The van der Waals surface area contributed by atoms with Gasteiger partial charge in [0.25, 0.3) is 0 Å². The van der Waals surface area contributed by atoms with Crippen LogP contribution in [0.1, 0.15) is 16.8 Å². The van der Waals surface area contributed by atoms with E-state index in [2.05, 4.69) is 10.6 Å². The number of benzene rings is 2. The van der Waals surface area contributed by atoms with Gasteiger partial charge in [0.15, 0.2) is 11.5 Å². The van der Waals surface area contributed by atoms with Crippen LogP contribution < -0.4 is 25.1 Å². The van der Waals surface area contributed by atoms with Crippen molar-refractivity contribution in [2.75, 3.05) is 6.79 Å². The second kappa shape index (κ2) is 6.45. The Morgan fingerprint density at radius 2 is 1.88 bits per heavy atom. The fraction of sp³-hybridized carbons (Fsp3) is 0.222. The summed E-state index contributed by atoms with van der Waals surface area (Å²) in [6.45, 7) is 3.23. The number of nitrogens with one attached hydrogen (secondary N) is 2. The van der Waals surface area contributed by atoms with Crippen molar-refractivity contribution >= 4 is 0 Å². The summed E-state index contributed by atoms with van der Waals surface area (Å²) in [5.41, 5.74) is 3.16. The van der Waals surface area contributed by atoms with Gasteiger partial charge in [0, 0.05) is 18.7 Å². The molecule has 2 aromatic carbocycles. The predicted molar refractivity (Wildman–Crippen MR) is 88.7 cm³/mol. The van der Waals surface area contributed by atoms with E-state index in [1.54, 1.807) is 4.68 Å². The van der Waals surface area contributed by atoms with Crippen LogP contribution in [0.5, 0.6) is 11.5 Å². The van der Waals surface area contributed by atoms with Gasteiger partial charge in [-0.1, -0.05) is 23.8 Å². The van der Waals surface area contributed by atoms with Crippen LogP contribution in [-0.2, 0) is 13.1 Å². The summed E-state index contributed by atoms with van der Waals surface area (Å²) in [7, 11) is 0. The van der Waals surface area contributed by atoms with Gasteiger partial charge in [-0.05, 0) is 34.6 Å². The van der Waals surface area contributed by atoms with Crippen LogP contribution in [0, 0.1) is 6.92 Å². The van der Waals surface area contributed by atoms with Gasteiger partial charge >= 0.3 is 11.3 Å². The monoisotopic (exact) mass is 340 g/mol. The van der Waals surface area contributed by atoms with Crippen molar-refractivity contribution < 1.29 is 18.7 Å². The molecule has 0 spiro atoms. The van der Waals surface area contributed by atoms with Crippen LogP contribution in [0.2, 0.25) is 0 Å². The highest BCUT2D eigenvalue weighted by Gasteiger charge is 2.22. The summed E-state index contributed by atoms with van der Waals surface area (Å²) in [6.07, 6.45) is 0. The number of rotatable bonds is 5. The summed E-state index contributed by atoms with van der Waals surface area (Å²) in [4.78, 5) is 12.0. The van der Waals surface area contributed by atoms with E-state index in [4.69, 9.17) is 14.0 Å². The molecule has 0 radical (unpaired) electrons. The average Bonchev–Trinajstić information content (AvgIpc) is 3.22. The molecule has 0 fully saturated rings. The number of hydrogen-bond donors (Lipinski definition) is 2. The van der Waals surface area contributed by atoms with E-state index in [-0.39, 0.29) is 6.79 Å². The number of fused-ring (bicyclic) bond motifs is 1. The number of H-pyrrole nitrogens is 1. The van der Waals surface area contributed by atoms with Crippen molar-refractivity contribution in [3.05, 3.63) is 69.7 Å². The first-order valence-corrected chi connectivity index (χ1v) is 7.99. The Balaban J connectivity index is 1.47. The minimum atomic E-state index is -0.390. The van der Waals surface area contributed by atoms with Crippen LogP contribution in [-0.4, -0.2) is 12.1 Å². The van der Waals surface area contributed by atoms with Crippen LogP contribution in [0.4, 0.5) is 0 Å². The van der Waals surface area contributed by atoms with Crippen LogP contribution in [0.25, 0.3) is 5.69 Å². The number of nitrogens with zero attached hydrogens (tertiary/aromatic N) is 1. The number of aryl methyl sites for hydroxylation is 1. The fourth-order valence-corrected chi connectivity index (χ4v) is 2.72. The van der Waals surface area contributed by atoms with Gasteiger partial charge in [-0.15, -0.1) is 0 Å². The zero-order valence-electron chi connectivity index (χ0n) is 13.7. The molecule has 1 aliphatic heterocycles. The molecule has 3 aromatic rings. The number of aromatic nitrogens is 2. The third kappa shape index (κ3) is 3.14. The third-order valence-corrected chi connectivity index (χ3v) is 4.09. The summed E-state index contributed by atoms with van der Waals surface area (Å²) in [6, 6.07) is 13.6. The van der Waals surface area contributed by atoms with Crippen molar-refractivity contribution in [3.63, 3.8) is 0 Å². The third-order valence-electron chi connectivity index (χ3n) is 4.09. The molecule has 0 aliphatic carbocycles. The molecule has 7 nitrogen and oxygen atoms in total. The zero-order chi connectivity index (χ0) is 17.2. The lowest BCUT2D eigenvalue weighted by molar-refractivity contribution is -0.677. The predicted octanol–water partition coefficient (Wildman–Crippen LogP) is 1.57. The molecule has 2 N–H and O–H groups in total. The van der Waals surface area contributed by atoms with Crippen LogP contribution in [0.15, 0.2) is 51.8 Å². The fourth-order valence-electron chi connectivity index (χ4n) is 2.72. The summed E-state index contributed by atoms with van der Waals surface area (Å²) < 4.78 is 17.3. The molecule has 1 aliphatic rings. The molecule has 128 valence electrons. The highest BCUT2D eigenvalue weighted by Crippen LogP contribution is 2.32. The molecule has 4 rings (SSSR count). The molecule has 0 amide bonds. The van der Waals surface area contributed by atoms with E-state index in [0.29, 0.717) is 18.8 Å². The minimum absolute atomic E-state index is 0.257. The Morgan fingerprint density at radius 1 is 1.08 bits per heavy atom. The lowest BCUT2D eigenvalue weighted by atomic mass is 10.2. The number of ether oxygens (including phenoxy) is 2. The average molecular weight is 340 g/mol. The first-order chi connectivity index (χ1) is 12.2. The van der Waals surface area contributed by atoms with Crippen molar-refractivity contribution in [1.82, 2.24) is 10.6 Å². The molecule has 0 bridgehead atoms. The Labute approximate surface area is 143 Å².